The zero-order chi connectivity index (χ0) is 52.7. The maximum Gasteiger partial charge on any atom is 0.444 e. The molecule has 2 N–H and O–H groups in total. The number of halogens is 2. The Morgan fingerprint density at radius 2 is 1.36 bits per heavy atom. The summed E-state index contributed by atoms with van der Waals surface area (Å²) in [6, 6.07) is 11.0. The lowest BCUT2D eigenvalue weighted by Crippen LogP contribution is -2.51. The number of hydrogen-bond donors (Lipinski definition) is 2. The summed E-state index contributed by atoms with van der Waals surface area (Å²) in [5, 5.41) is 32.7. The highest BCUT2D eigenvalue weighted by Crippen LogP contribution is 2.60. The molecule has 0 bridgehead atoms. The lowest BCUT2D eigenvalue weighted by Gasteiger charge is -2.52. The third-order valence-electron chi connectivity index (χ3n) is 14.4. The van der Waals surface area contributed by atoms with Crippen LogP contribution in [0.2, 0.25) is 18.1 Å². The maximum absolute atomic E-state index is 15.9. The average Bonchev–Trinajstić information content (AvgIpc) is 3.99. The van der Waals surface area contributed by atoms with Crippen LogP contribution in [-0.4, -0.2) is 76.5 Å². The molecule has 2 aliphatic carbocycles. The summed E-state index contributed by atoms with van der Waals surface area (Å²) in [6.45, 7) is 22.3. The fourth-order valence-corrected chi connectivity index (χ4v) is 12.2. The first-order valence-corrected chi connectivity index (χ1v) is 29.0. The topological polar surface area (TPSA) is 200 Å². The van der Waals surface area contributed by atoms with Crippen molar-refractivity contribution < 1.29 is 37.5 Å². The maximum atomic E-state index is 15.9. The van der Waals surface area contributed by atoms with Gasteiger partial charge in [0.1, 0.15) is 38.7 Å². The number of amides is 2. The van der Waals surface area contributed by atoms with E-state index in [1.807, 2.05) is 20.8 Å². The van der Waals surface area contributed by atoms with Gasteiger partial charge in [-0.2, -0.15) is 5.10 Å². The summed E-state index contributed by atoms with van der Waals surface area (Å²) < 4.78 is 44.6. The molecule has 388 valence electrons. The van der Waals surface area contributed by atoms with Crippen molar-refractivity contribution in [3.8, 4) is 21.4 Å². The highest BCUT2D eigenvalue weighted by molar-refractivity contribution is 7.15. The Hall–Kier alpha value is -5.74. The molecule has 16 nitrogen and oxygen atoms in total. The van der Waals surface area contributed by atoms with Gasteiger partial charge in [-0.3, -0.25) is 15.3 Å². The zero-order valence-electron chi connectivity index (χ0n) is 43.2. The van der Waals surface area contributed by atoms with E-state index in [1.165, 1.54) is 47.1 Å². The number of nitrogens with zero attached hydrogens (tertiary/aromatic N) is 9. The number of pyridine rings is 2. The molecule has 0 aliphatic heterocycles. The standard InChI is InChI=1S/C52H64F2N10O6S2Si/c1-48(2,3)39(51(20-14-21-51)40-34(53)16-12-24-55-40)33-26-38(45-57-27-31(29-65)71-45)62-63-43(33)59-46(66)70-64(49(4,5)6)47(67)69-42(52(22-15-23-52)41-35(54)17-13-25-56-41)36-18-19-37(61-60-36)44-58-28-32(72-44)30-68-73(10,11)50(7,8)9/h12-13,16-19,24-28,39,42,65H,14-15,20-23,29-30H2,1-11H3,(H,59,63,66). The fraction of sp³-hybridized carbons (Fsp3) is 0.500. The monoisotopic (exact) mass is 1050 g/mol. The van der Waals surface area contributed by atoms with Gasteiger partial charge in [-0.25, -0.2) is 28.3 Å². The molecule has 0 aromatic carbocycles. The molecule has 2 saturated carbocycles. The van der Waals surface area contributed by atoms with Crippen LogP contribution in [0.3, 0.4) is 0 Å². The van der Waals surface area contributed by atoms with Crippen LogP contribution in [0.15, 0.2) is 67.3 Å². The number of carbonyl (C=O) groups is 2. The Labute approximate surface area is 433 Å². The number of anilines is 1. The summed E-state index contributed by atoms with van der Waals surface area (Å²) in [5.74, 6) is -1.49. The van der Waals surface area contributed by atoms with Crippen LogP contribution in [0.1, 0.15) is 145 Å². The Bertz CT molecular complexity index is 2950. The van der Waals surface area contributed by atoms with Gasteiger partial charge in [-0.05, 0) is 112 Å². The fourth-order valence-electron chi connectivity index (χ4n) is 9.64. The molecule has 2 atom stereocenters. The molecule has 8 rings (SSSR count). The molecular formula is C52H64F2N10O6S2Si. The van der Waals surface area contributed by atoms with Gasteiger partial charge in [0.25, 0.3) is 0 Å². The number of hydroxylamine groups is 2. The molecular weight excluding hydrogens is 991 g/mol. The van der Waals surface area contributed by atoms with Gasteiger partial charge in [-0.1, -0.05) is 54.4 Å². The molecule has 2 unspecified atom stereocenters. The second-order valence-corrected chi connectivity index (χ2v) is 29.6. The molecule has 0 saturated heterocycles. The third kappa shape index (κ3) is 10.9. The lowest BCUT2D eigenvalue weighted by atomic mass is 9.51. The predicted octanol–water partition coefficient (Wildman–Crippen LogP) is 12.4. The van der Waals surface area contributed by atoms with Crippen LogP contribution < -0.4 is 5.32 Å². The molecule has 2 amide bonds. The summed E-state index contributed by atoms with van der Waals surface area (Å²) in [4.78, 5) is 54.8. The van der Waals surface area contributed by atoms with Crippen molar-refractivity contribution in [3.05, 3.63) is 111 Å². The molecule has 0 spiro atoms. The first-order chi connectivity index (χ1) is 34.4. The van der Waals surface area contributed by atoms with E-state index in [9.17, 15) is 14.7 Å². The minimum Gasteiger partial charge on any atom is -0.436 e. The molecule has 73 heavy (non-hydrogen) atoms. The number of aliphatic hydroxyl groups is 1. The lowest BCUT2D eigenvalue weighted by molar-refractivity contribution is -0.144. The van der Waals surface area contributed by atoms with Crippen molar-refractivity contribution in [2.24, 2.45) is 5.41 Å². The summed E-state index contributed by atoms with van der Waals surface area (Å²) >= 11 is 2.69. The van der Waals surface area contributed by atoms with E-state index < -0.39 is 65.9 Å². The molecule has 6 aromatic rings. The van der Waals surface area contributed by atoms with Crippen LogP contribution in [-0.2, 0) is 38.0 Å². The number of hydrogen-bond acceptors (Lipinski definition) is 16. The molecule has 2 fully saturated rings. The number of rotatable bonds is 14. The van der Waals surface area contributed by atoms with Crippen molar-refractivity contribution >= 4 is 49.0 Å². The van der Waals surface area contributed by atoms with Gasteiger partial charge < -0.3 is 19.1 Å². The van der Waals surface area contributed by atoms with Gasteiger partial charge in [0.05, 0.1) is 40.4 Å². The SMILES string of the molecule is CC(C)(C)C(c1cc(-c2ncc(CO)s2)nnc1NC(=O)ON(C(=O)OC(c1ccc(-c2ncc(CO[Si](C)(C)C(C)(C)C)s2)nn1)C1(c2ncccc2F)CCC1)C(C)(C)C)C1(c2ncccc2F)CCC1. The molecule has 21 heteroatoms. The summed E-state index contributed by atoms with van der Waals surface area (Å²) in [6.07, 6.45) is 6.53. The van der Waals surface area contributed by atoms with E-state index in [0.29, 0.717) is 76.2 Å². The van der Waals surface area contributed by atoms with Gasteiger partial charge >= 0.3 is 12.2 Å². The van der Waals surface area contributed by atoms with Crippen LogP contribution in [0.5, 0.6) is 0 Å². The number of nitrogens with one attached hydrogen (secondary N) is 1. The van der Waals surface area contributed by atoms with Gasteiger partial charge in [0, 0.05) is 46.6 Å². The minimum absolute atomic E-state index is 0.0141. The van der Waals surface area contributed by atoms with E-state index in [0.717, 1.165) is 16.4 Å². The number of carbonyl (C=O) groups excluding carboxylic acids is 2. The predicted molar refractivity (Wildman–Crippen MR) is 277 cm³/mol. The molecule has 6 heterocycles. The normalized spacial score (nSPS) is 16.4. The quantitative estimate of drug-likeness (QED) is 0.0771. The number of ether oxygens (including phenoxy) is 1. The summed E-state index contributed by atoms with van der Waals surface area (Å²) in [5.41, 5.74) is -1.69. The first kappa shape index (κ1) is 53.5. The van der Waals surface area contributed by atoms with Crippen LogP contribution in [0.4, 0.5) is 24.2 Å². The van der Waals surface area contributed by atoms with Crippen LogP contribution in [0, 0.1) is 17.0 Å². The third-order valence-corrected chi connectivity index (χ3v) is 20.9. The minimum atomic E-state index is -2.01. The Morgan fingerprint density at radius 3 is 1.86 bits per heavy atom. The van der Waals surface area contributed by atoms with Gasteiger partial charge in [0.15, 0.2) is 20.2 Å². The summed E-state index contributed by atoms with van der Waals surface area (Å²) in [7, 11) is -2.01. The van der Waals surface area contributed by atoms with E-state index in [1.54, 1.807) is 63.6 Å². The Morgan fingerprint density at radius 1 is 0.781 bits per heavy atom. The van der Waals surface area contributed by atoms with E-state index >= 15 is 8.78 Å². The Kier molecular flexibility index (Phi) is 15.1. The van der Waals surface area contributed by atoms with Gasteiger partial charge in [0.2, 0.25) is 0 Å². The second kappa shape index (κ2) is 20.5. The average molecular weight is 1060 g/mol. The Balaban J connectivity index is 1.11. The van der Waals surface area contributed by atoms with Gasteiger partial charge in [-0.15, -0.1) is 43.0 Å². The van der Waals surface area contributed by atoms with Crippen molar-refractivity contribution in [1.82, 2.24) is 45.4 Å². The molecule has 6 aromatic heterocycles. The number of thiazole rings is 2. The largest absolute Gasteiger partial charge is 0.444 e. The van der Waals surface area contributed by atoms with Crippen molar-refractivity contribution in [2.75, 3.05) is 5.32 Å². The highest BCUT2D eigenvalue weighted by atomic mass is 32.1. The van der Waals surface area contributed by atoms with Crippen LogP contribution >= 0.6 is 22.7 Å². The molecule has 2 aliphatic rings. The smallest absolute Gasteiger partial charge is 0.436 e. The van der Waals surface area contributed by atoms with E-state index in [4.69, 9.17) is 14.0 Å². The highest BCUT2D eigenvalue weighted by Gasteiger charge is 2.55. The zero-order valence-corrected chi connectivity index (χ0v) is 45.9. The number of aromatic nitrogens is 8. The molecule has 0 radical (unpaired) electrons. The van der Waals surface area contributed by atoms with E-state index in [2.05, 4.69) is 79.5 Å². The van der Waals surface area contributed by atoms with E-state index in [-0.39, 0.29) is 28.9 Å². The first-order valence-electron chi connectivity index (χ1n) is 24.4. The van der Waals surface area contributed by atoms with Crippen molar-refractivity contribution in [1.29, 1.82) is 0 Å². The number of aliphatic hydroxyl groups excluding tert-OH is 1. The second-order valence-electron chi connectivity index (χ2n) is 22.6. The van der Waals surface area contributed by atoms with Crippen molar-refractivity contribution in [3.63, 3.8) is 0 Å². The van der Waals surface area contributed by atoms with Crippen LogP contribution in [0.25, 0.3) is 21.4 Å². The van der Waals surface area contributed by atoms with Crippen molar-refractivity contribution in [2.45, 2.75) is 161 Å².